The number of rotatable bonds is 5. The molecule has 0 atom stereocenters. The van der Waals surface area contributed by atoms with Crippen molar-refractivity contribution in [2.45, 2.75) is 51.7 Å². The standard InChI is InChI=1S/C20H32BrN5O.HI/c1-20(2,3)25-18(27)13-23-19(22-4)24-17-9-11-26(12-10-17)14-15-5-7-16(21)8-6-15;/h5-8,17H,9-14H2,1-4H3,(H,25,27)(H2,22,23,24);1H. The van der Waals surface area contributed by atoms with Crippen molar-refractivity contribution in [2.24, 2.45) is 4.99 Å². The monoisotopic (exact) mass is 565 g/mol. The van der Waals surface area contributed by atoms with Crippen LogP contribution in [0.5, 0.6) is 0 Å². The number of aliphatic imine (C=N–C) groups is 1. The lowest BCUT2D eigenvalue weighted by atomic mass is 10.0. The van der Waals surface area contributed by atoms with Gasteiger partial charge in [0.15, 0.2) is 5.96 Å². The first-order valence-corrected chi connectivity index (χ1v) is 10.3. The molecule has 1 fully saturated rings. The van der Waals surface area contributed by atoms with Crippen LogP contribution >= 0.6 is 39.9 Å². The first-order chi connectivity index (χ1) is 12.7. The van der Waals surface area contributed by atoms with Gasteiger partial charge in [-0.05, 0) is 51.3 Å². The summed E-state index contributed by atoms with van der Waals surface area (Å²) < 4.78 is 1.12. The number of carbonyl (C=O) groups excluding carboxylic acids is 1. The lowest BCUT2D eigenvalue weighted by molar-refractivity contribution is -0.121. The summed E-state index contributed by atoms with van der Waals surface area (Å²) in [5, 5.41) is 9.49. The lowest BCUT2D eigenvalue weighted by Gasteiger charge is -2.33. The molecule has 1 aliphatic rings. The van der Waals surface area contributed by atoms with Gasteiger partial charge in [-0.25, -0.2) is 0 Å². The normalized spacial score (nSPS) is 16.2. The van der Waals surface area contributed by atoms with Gasteiger partial charge in [-0.2, -0.15) is 0 Å². The Labute approximate surface area is 194 Å². The van der Waals surface area contributed by atoms with Crippen molar-refractivity contribution in [3.05, 3.63) is 34.3 Å². The van der Waals surface area contributed by atoms with E-state index in [0.717, 1.165) is 36.9 Å². The number of hydrogen-bond donors (Lipinski definition) is 3. The second-order valence-electron chi connectivity index (χ2n) is 8.05. The van der Waals surface area contributed by atoms with Crippen LogP contribution in [0.1, 0.15) is 39.2 Å². The third kappa shape index (κ3) is 9.56. The summed E-state index contributed by atoms with van der Waals surface area (Å²) in [7, 11) is 1.74. The minimum absolute atomic E-state index is 0. The van der Waals surface area contributed by atoms with Crippen LogP contribution in [0.2, 0.25) is 0 Å². The van der Waals surface area contributed by atoms with Crippen molar-refractivity contribution in [2.75, 3.05) is 26.7 Å². The van der Waals surface area contributed by atoms with Gasteiger partial charge >= 0.3 is 0 Å². The van der Waals surface area contributed by atoms with E-state index in [-0.39, 0.29) is 42.0 Å². The maximum absolute atomic E-state index is 11.9. The topological polar surface area (TPSA) is 68.8 Å². The maximum atomic E-state index is 11.9. The number of carbonyl (C=O) groups is 1. The summed E-state index contributed by atoms with van der Waals surface area (Å²) >= 11 is 3.48. The fourth-order valence-corrected chi connectivity index (χ4v) is 3.36. The van der Waals surface area contributed by atoms with E-state index < -0.39 is 0 Å². The number of nitrogens with one attached hydrogen (secondary N) is 3. The van der Waals surface area contributed by atoms with Gasteiger partial charge in [0.1, 0.15) is 0 Å². The summed E-state index contributed by atoms with van der Waals surface area (Å²) in [6.45, 7) is 9.23. The van der Waals surface area contributed by atoms with Crippen LogP contribution in [0.3, 0.4) is 0 Å². The van der Waals surface area contributed by atoms with Gasteiger partial charge in [-0.3, -0.25) is 14.7 Å². The van der Waals surface area contributed by atoms with Gasteiger partial charge in [-0.1, -0.05) is 28.1 Å². The van der Waals surface area contributed by atoms with Crippen LogP contribution in [-0.2, 0) is 11.3 Å². The van der Waals surface area contributed by atoms with Gasteiger partial charge < -0.3 is 16.0 Å². The average molecular weight is 566 g/mol. The van der Waals surface area contributed by atoms with Crippen LogP contribution < -0.4 is 16.0 Å². The van der Waals surface area contributed by atoms with E-state index in [4.69, 9.17) is 0 Å². The molecule has 8 heteroatoms. The first kappa shape index (κ1) is 25.2. The largest absolute Gasteiger partial charge is 0.354 e. The zero-order chi connectivity index (χ0) is 19.9. The number of guanidine groups is 1. The van der Waals surface area contributed by atoms with E-state index in [2.05, 4.69) is 66.0 Å². The molecule has 1 aromatic carbocycles. The molecule has 1 heterocycles. The number of piperidine rings is 1. The van der Waals surface area contributed by atoms with Gasteiger partial charge in [-0.15, -0.1) is 24.0 Å². The Morgan fingerprint density at radius 1 is 1.21 bits per heavy atom. The molecule has 0 spiro atoms. The fraction of sp³-hybridized carbons (Fsp3) is 0.600. The summed E-state index contributed by atoms with van der Waals surface area (Å²) in [5.74, 6) is 0.653. The molecule has 0 unspecified atom stereocenters. The number of benzene rings is 1. The van der Waals surface area contributed by atoms with Crippen molar-refractivity contribution in [1.82, 2.24) is 20.9 Å². The molecule has 1 aromatic rings. The fourth-order valence-electron chi connectivity index (χ4n) is 3.10. The van der Waals surface area contributed by atoms with Crippen molar-refractivity contribution >= 4 is 51.8 Å². The SMILES string of the molecule is CN=C(NCC(=O)NC(C)(C)C)NC1CCN(Cc2ccc(Br)cc2)CC1.I. The van der Waals surface area contributed by atoms with E-state index >= 15 is 0 Å². The number of hydrogen-bond acceptors (Lipinski definition) is 3. The second-order valence-corrected chi connectivity index (χ2v) is 8.96. The molecular formula is C20H33BrIN5O. The van der Waals surface area contributed by atoms with E-state index in [9.17, 15) is 4.79 Å². The summed E-state index contributed by atoms with van der Waals surface area (Å²) in [6, 6.07) is 8.90. The molecule has 0 bridgehead atoms. The number of amides is 1. The molecule has 1 amide bonds. The highest BCUT2D eigenvalue weighted by molar-refractivity contribution is 14.0. The zero-order valence-electron chi connectivity index (χ0n) is 17.2. The van der Waals surface area contributed by atoms with Crippen LogP contribution in [0.15, 0.2) is 33.7 Å². The zero-order valence-corrected chi connectivity index (χ0v) is 21.1. The van der Waals surface area contributed by atoms with E-state index in [0.29, 0.717) is 12.0 Å². The highest BCUT2D eigenvalue weighted by atomic mass is 127. The molecule has 0 radical (unpaired) electrons. The van der Waals surface area contributed by atoms with Crippen molar-refractivity contribution in [1.29, 1.82) is 0 Å². The quantitative estimate of drug-likeness (QED) is 0.291. The van der Waals surface area contributed by atoms with Crippen molar-refractivity contribution in [3.63, 3.8) is 0 Å². The minimum Gasteiger partial charge on any atom is -0.354 e. The molecule has 0 saturated carbocycles. The minimum atomic E-state index is -0.225. The molecule has 0 aliphatic carbocycles. The Morgan fingerprint density at radius 2 is 1.82 bits per heavy atom. The highest BCUT2D eigenvalue weighted by Gasteiger charge is 2.20. The molecule has 1 saturated heterocycles. The summed E-state index contributed by atoms with van der Waals surface area (Å²) in [4.78, 5) is 18.7. The first-order valence-electron chi connectivity index (χ1n) is 9.50. The predicted octanol–water partition coefficient (Wildman–Crippen LogP) is 3.11. The van der Waals surface area contributed by atoms with Gasteiger partial charge in [0, 0.05) is 42.7 Å². The molecule has 28 heavy (non-hydrogen) atoms. The van der Waals surface area contributed by atoms with Gasteiger partial charge in [0.05, 0.1) is 6.54 Å². The van der Waals surface area contributed by atoms with Crippen LogP contribution in [0, 0.1) is 0 Å². The smallest absolute Gasteiger partial charge is 0.239 e. The Kier molecular flexibility index (Phi) is 10.8. The van der Waals surface area contributed by atoms with Gasteiger partial charge in [0.2, 0.25) is 5.91 Å². The summed E-state index contributed by atoms with van der Waals surface area (Å²) in [6.07, 6.45) is 2.12. The third-order valence-corrected chi connectivity index (χ3v) is 4.93. The van der Waals surface area contributed by atoms with Crippen molar-refractivity contribution in [3.8, 4) is 0 Å². The van der Waals surface area contributed by atoms with Crippen LogP contribution in [0.25, 0.3) is 0 Å². The average Bonchev–Trinajstić information content (AvgIpc) is 2.60. The van der Waals surface area contributed by atoms with Crippen LogP contribution in [0.4, 0.5) is 0 Å². The molecule has 3 N–H and O–H groups in total. The Morgan fingerprint density at radius 3 is 2.36 bits per heavy atom. The van der Waals surface area contributed by atoms with Crippen molar-refractivity contribution < 1.29 is 4.79 Å². The van der Waals surface area contributed by atoms with E-state index in [1.165, 1.54) is 5.56 Å². The molecule has 1 aliphatic heterocycles. The number of halogens is 2. The second kappa shape index (κ2) is 12.0. The van der Waals surface area contributed by atoms with Gasteiger partial charge in [0.25, 0.3) is 0 Å². The van der Waals surface area contributed by atoms with E-state index in [1.807, 2.05) is 20.8 Å². The van der Waals surface area contributed by atoms with Crippen LogP contribution in [-0.4, -0.2) is 55.0 Å². The Balaban J connectivity index is 0.00000392. The number of likely N-dealkylation sites (tertiary alicyclic amines) is 1. The summed E-state index contributed by atoms with van der Waals surface area (Å²) in [5.41, 5.74) is 1.11. The Hall–Kier alpha value is -0.870. The lowest BCUT2D eigenvalue weighted by Crippen LogP contribution is -2.51. The molecule has 2 rings (SSSR count). The highest BCUT2D eigenvalue weighted by Crippen LogP contribution is 2.16. The molecule has 0 aromatic heterocycles. The van der Waals surface area contributed by atoms with E-state index in [1.54, 1.807) is 7.05 Å². The molecule has 6 nitrogen and oxygen atoms in total. The Bertz CT molecular complexity index is 637. The molecule has 158 valence electrons. The number of nitrogens with zero attached hydrogens (tertiary/aromatic N) is 2. The maximum Gasteiger partial charge on any atom is 0.239 e. The predicted molar refractivity (Wildman–Crippen MR) is 130 cm³/mol. The molecular weight excluding hydrogens is 533 g/mol. The third-order valence-electron chi connectivity index (χ3n) is 4.40.